The summed E-state index contributed by atoms with van der Waals surface area (Å²) in [5, 5.41) is 0. The monoisotopic (exact) mass is 302 g/mol. The van der Waals surface area contributed by atoms with Crippen molar-refractivity contribution >= 4 is 6.29 Å². The van der Waals surface area contributed by atoms with Gasteiger partial charge < -0.3 is 9.53 Å². The zero-order valence-corrected chi connectivity index (χ0v) is 12.8. The maximum Gasteiger partial charge on any atom is 0.131 e. The Balaban J connectivity index is 1.70. The molecule has 0 saturated heterocycles. The van der Waals surface area contributed by atoms with Crippen LogP contribution in [0.15, 0.2) is 84.9 Å². The molecule has 0 spiro atoms. The largest absolute Gasteiger partial charge is 0.489 e. The van der Waals surface area contributed by atoms with E-state index in [2.05, 4.69) is 0 Å². The van der Waals surface area contributed by atoms with Crippen molar-refractivity contribution in [1.82, 2.24) is 0 Å². The Morgan fingerprint density at radius 2 is 1.30 bits per heavy atom. The van der Waals surface area contributed by atoms with Crippen LogP contribution in [0.4, 0.5) is 0 Å². The molecule has 3 aromatic carbocycles. The van der Waals surface area contributed by atoms with Crippen molar-refractivity contribution < 1.29 is 9.53 Å². The van der Waals surface area contributed by atoms with Gasteiger partial charge in [0.1, 0.15) is 18.6 Å². The molecule has 114 valence electrons. The number of rotatable bonds is 6. The molecule has 0 saturated carbocycles. The van der Waals surface area contributed by atoms with Crippen molar-refractivity contribution in [1.29, 1.82) is 0 Å². The van der Waals surface area contributed by atoms with Crippen LogP contribution in [0.3, 0.4) is 0 Å². The predicted molar refractivity (Wildman–Crippen MR) is 91.6 cm³/mol. The molecule has 0 amide bonds. The third-order valence-electron chi connectivity index (χ3n) is 3.78. The molecule has 23 heavy (non-hydrogen) atoms. The van der Waals surface area contributed by atoms with Crippen LogP contribution in [-0.2, 0) is 11.4 Å². The minimum Gasteiger partial charge on any atom is -0.489 e. The van der Waals surface area contributed by atoms with Gasteiger partial charge in [-0.3, -0.25) is 0 Å². The van der Waals surface area contributed by atoms with E-state index < -0.39 is 0 Å². The SMILES string of the molecule is O=C[C@H](c1ccccc1)c1ccc(OCc2ccccc2)cc1. The molecule has 0 aliphatic carbocycles. The summed E-state index contributed by atoms with van der Waals surface area (Å²) in [4.78, 5) is 11.5. The second kappa shape index (κ2) is 7.41. The molecule has 0 N–H and O–H groups in total. The van der Waals surface area contributed by atoms with E-state index in [1.807, 2.05) is 84.9 Å². The van der Waals surface area contributed by atoms with Gasteiger partial charge in [0.2, 0.25) is 0 Å². The topological polar surface area (TPSA) is 26.3 Å². The van der Waals surface area contributed by atoms with E-state index in [0.717, 1.165) is 28.7 Å². The summed E-state index contributed by atoms with van der Waals surface area (Å²) < 4.78 is 5.78. The Labute approximate surface area is 136 Å². The maximum atomic E-state index is 11.5. The van der Waals surface area contributed by atoms with Gasteiger partial charge in [-0.1, -0.05) is 72.8 Å². The van der Waals surface area contributed by atoms with Crippen molar-refractivity contribution in [2.24, 2.45) is 0 Å². The molecule has 3 aromatic rings. The Morgan fingerprint density at radius 3 is 1.91 bits per heavy atom. The lowest BCUT2D eigenvalue weighted by molar-refractivity contribution is -0.108. The van der Waals surface area contributed by atoms with Gasteiger partial charge in [0.15, 0.2) is 0 Å². The molecule has 2 heteroatoms. The van der Waals surface area contributed by atoms with Crippen LogP contribution in [0.2, 0.25) is 0 Å². The molecule has 0 aromatic heterocycles. The minimum absolute atomic E-state index is 0.237. The molecule has 0 bridgehead atoms. The van der Waals surface area contributed by atoms with Crippen LogP contribution >= 0.6 is 0 Å². The average Bonchev–Trinajstić information content (AvgIpc) is 2.63. The van der Waals surface area contributed by atoms with E-state index in [9.17, 15) is 4.79 Å². The Bertz CT molecular complexity index is 734. The van der Waals surface area contributed by atoms with Gasteiger partial charge in [-0.15, -0.1) is 0 Å². The third kappa shape index (κ3) is 3.86. The summed E-state index contributed by atoms with van der Waals surface area (Å²) in [6.45, 7) is 0.538. The zero-order valence-electron chi connectivity index (χ0n) is 12.8. The Kier molecular flexibility index (Phi) is 4.85. The van der Waals surface area contributed by atoms with Crippen molar-refractivity contribution in [2.75, 3.05) is 0 Å². The highest BCUT2D eigenvalue weighted by Gasteiger charge is 2.12. The van der Waals surface area contributed by atoms with E-state index in [1.165, 1.54) is 0 Å². The lowest BCUT2D eigenvalue weighted by Crippen LogP contribution is -2.02. The number of benzene rings is 3. The summed E-state index contributed by atoms with van der Waals surface area (Å²) in [7, 11) is 0. The van der Waals surface area contributed by atoms with Crippen LogP contribution in [0.5, 0.6) is 5.75 Å². The summed E-state index contributed by atoms with van der Waals surface area (Å²) >= 11 is 0. The van der Waals surface area contributed by atoms with Gasteiger partial charge in [0, 0.05) is 0 Å². The van der Waals surface area contributed by atoms with Gasteiger partial charge in [0.25, 0.3) is 0 Å². The molecule has 0 radical (unpaired) electrons. The highest BCUT2D eigenvalue weighted by molar-refractivity contribution is 5.68. The molecular weight excluding hydrogens is 284 g/mol. The number of ether oxygens (including phenoxy) is 1. The van der Waals surface area contributed by atoms with E-state index >= 15 is 0 Å². The quantitative estimate of drug-likeness (QED) is 0.622. The van der Waals surface area contributed by atoms with Gasteiger partial charge in [-0.05, 0) is 28.8 Å². The van der Waals surface area contributed by atoms with Gasteiger partial charge in [-0.2, -0.15) is 0 Å². The molecule has 0 aliphatic heterocycles. The van der Waals surface area contributed by atoms with Crippen LogP contribution in [0.25, 0.3) is 0 Å². The zero-order chi connectivity index (χ0) is 15.9. The van der Waals surface area contributed by atoms with Crippen molar-refractivity contribution in [2.45, 2.75) is 12.5 Å². The normalized spacial score (nSPS) is 11.7. The standard InChI is InChI=1S/C21H18O2/c22-15-21(18-9-5-2-6-10-18)19-11-13-20(14-12-19)23-16-17-7-3-1-4-8-17/h1-15,21H,16H2/t21-/m1/s1. The highest BCUT2D eigenvalue weighted by Crippen LogP contribution is 2.24. The van der Waals surface area contributed by atoms with Crippen molar-refractivity contribution in [3.8, 4) is 5.75 Å². The molecule has 0 unspecified atom stereocenters. The average molecular weight is 302 g/mol. The number of hydrogen-bond donors (Lipinski definition) is 0. The predicted octanol–water partition coefficient (Wildman–Crippen LogP) is 4.60. The molecule has 0 aliphatic rings. The van der Waals surface area contributed by atoms with E-state index in [4.69, 9.17) is 4.74 Å². The lowest BCUT2D eigenvalue weighted by atomic mass is 9.93. The molecule has 0 fully saturated rings. The fourth-order valence-electron chi connectivity index (χ4n) is 2.52. The van der Waals surface area contributed by atoms with E-state index in [1.54, 1.807) is 0 Å². The van der Waals surface area contributed by atoms with Crippen LogP contribution in [0, 0.1) is 0 Å². The van der Waals surface area contributed by atoms with Crippen LogP contribution in [0.1, 0.15) is 22.6 Å². The number of carbonyl (C=O) groups is 1. The van der Waals surface area contributed by atoms with E-state index in [-0.39, 0.29) is 5.92 Å². The third-order valence-corrected chi connectivity index (χ3v) is 3.78. The lowest BCUT2D eigenvalue weighted by Gasteiger charge is -2.12. The van der Waals surface area contributed by atoms with Gasteiger partial charge in [0.05, 0.1) is 5.92 Å². The number of hydrogen-bond acceptors (Lipinski definition) is 2. The second-order valence-electron chi connectivity index (χ2n) is 5.37. The van der Waals surface area contributed by atoms with E-state index in [0.29, 0.717) is 6.61 Å². The fourth-order valence-corrected chi connectivity index (χ4v) is 2.52. The summed E-state index contributed by atoms with van der Waals surface area (Å²) in [5.41, 5.74) is 3.10. The Morgan fingerprint density at radius 1 is 0.739 bits per heavy atom. The molecule has 3 rings (SSSR count). The first-order valence-electron chi connectivity index (χ1n) is 7.64. The highest BCUT2D eigenvalue weighted by atomic mass is 16.5. The number of aldehydes is 1. The first kappa shape index (κ1) is 15.0. The van der Waals surface area contributed by atoms with Crippen molar-refractivity contribution in [3.05, 3.63) is 102 Å². The van der Waals surface area contributed by atoms with Gasteiger partial charge in [-0.25, -0.2) is 0 Å². The Hall–Kier alpha value is -2.87. The molecular formula is C21H18O2. The van der Waals surface area contributed by atoms with Crippen LogP contribution < -0.4 is 4.74 Å². The summed E-state index contributed by atoms with van der Waals surface area (Å²) in [6, 6.07) is 27.6. The molecule has 0 heterocycles. The first-order valence-corrected chi connectivity index (χ1v) is 7.64. The maximum absolute atomic E-state index is 11.5. The molecule has 2 nitrogen and oxygen atoms in total. The summed E-state index contributed by atoms with van der Waals surface area (Å²) in [6.07, 6.45) is 0.981. The molecule has 1 atom stereocenters. The number of carbonyl (C=O) groups excluding carboxylic acids is 1. The minimum atomic E-state index is -0.237. The van der Waals surface area contributed by atoms with Crippen molar-refractivity contribution in [3.63, 3.8) is 0 Å². The van der Waals surface area contributed by atoms with Gasteiger partial charge >= 0.3 is 0 Å². The second-order valence-corrected chi connectivity index (χ2v) is 5.37. The smallest absolute Gasteiger partial charge is 0.131 e. The first-order chi connectivity index (χ1) is 11.4. The fraction of sp³-hybridized carbons (Fsp3) is 0.0952. The summed E-state index contributed by atoms with van der Waals surface area (Å²) in [5.74, 6) is 0.565. The van der Waals surface area contributed by atoms with Crippen LogP contribution in [-0.4, -0.2) is 6.29 Å².